The second-order valence-electron chi connectivity index (χ2n) is 7.36. The van der Waals surface area contributed by atoms with Crippen LogP contribution in [0.2, 0.25) is 0 Å². The zero-order valence-corrected chi connectivity index (χ0v) is 18.0. The number of fused-ring (bicyclic) bond motifs is 1. The number of halogens is 3. The minimum absolute atomic E-state index is 0.0588. The van der Waals surface area contributed by atoms with Gasteiger partial charge in [-0.25, -0.2) is 9.97 Å². The van der Waals surface area contributed by atoms with E-state index >= 15 is 0 Å². The number of alkyl halides is 3. The van der Waals surface area contributed by atoms with Crippen LogP contribution < -0.4 is 10.2 Å². The quantitative estimate of drug-likeness (QED) is 0.423. The Kier molecular flexibility index (Phi) is 6.31. The predicted octanol–water partition coefficient (Wildman–Crippen LogP) is 3.77. The fourth-order valence-corrected chi connectivity index (χ4v) is 4.47. The van der Waals surface area contributed by atoms with Crippen LogP contribution in [0.25, 0.3) is 10.3 Å². The summed E-state index contributed by atoms with van der Waals surface area (Å²) in [4.78, 5) is 36.3. The number of hydrogen-bond donors (Lipinski definition) is 1. The number of carbonyl (C=O) groups excluding carboxylic acids is 1. The zero-order chi connectivity index (χ0) is 23.6. The number of nitrogens with zero attached hydrogens (tertiary/aromatic N) is 5. The number of pyridine rings is 1. The van der Waals surface area contributed by atoms with E-state index in [4.69, 9.17) is 0 Å². The first-order chi connectivity index (χ1) is 15.7. The number of thiazole rings is 1. The molecule has 9 nitrogen and oxygen atoms in total. The van der Waals surface area contributed by atoms with Gasteiger partial charge in [0.15, 0.2) is 5.13 Å². The summed E-state index contributed by atoms with van der Waals surface area (Å²) in [6, 6.07) is 6.00. The number of amides is 1. The smallest absolute Gasteiger partial charge is 0.379 e. The first-order valence-electron chi connectivity index (χ1n) is 10.1. The highest BCUT2D eigenvalue weighted by molar-refractivity contribution is 7.21. The van der Waals surface area contributed by atoms with Crippen LogP contribution in [0.5, 0.6) is 0 Å². The van der Waals surface area contributed by atoms with Gasteiger partial charge in [-0.1, -0.05) is 11.3 Å². The first kappa shape index (κ1) is 22.7. The van der Waals surface area contributed by atoms with Gasteiger partial charge in [0.1, 0.15) is 16.0 Å². The summed E-state index contributed by atoms with van der Waals surface area (Å²) in [6.07, 6.45) is -2.90. The maximum Gasteiger partial charge on any atom is 0.416 e. The van der Waals surface area contributed by atoms with Crippen LogP contribution >= 0.6 is 11.3 Å². The van der Waals surface area contributed by atoms with Crippen LogP contribution in [0.3, 0.4) is 0 Å². The molecule has 1 N–H and O–H groups in total. The SMILES string of the molecule is O=C(CCNc1ccc(C(F)(F)F)cc1[N+](=O)[O-])N1CCN(c2nc3cccnc3s2)CC1. The third kappa shape index (κ3) is 5.13. The minimum Gasteiger partial charge on any atom is -0.379 e. The molecule has 2 aromatic heterocycles. The second kappa shape index (κ2) is 9.17. The van der Waals surface area contributed by atoms with Crippen molar-refractivity contribution in [2.24, 2.45) is 0 Å². The number of nitrogens with one attached hydrogen (secondary N) is 1. The van der Waals surface area contributed by atoms with Crippen LogP contribution in [0.1, 0.15) is 12.0 Å². The van der Waals surface area contributed by atoms with Gasteiger partial charge in [-0.15, -0.1) is 0 Å². The summed E-state index contributed by atoms with van der Waals surface area (Å²) in [7, 11) is 0. The molecule has 0 aliphatic carbocycles. The number of piperazine rings is 1. The van der Waals surface area contributed by atoms with Gasteiger partial charge in [-0.2, -0.15) is 13.2 Å². The van der Waals surface area contributed by atoms with Gasteiger partial charge in [0.05, 0.1) is 10.5 Å². The van der Waals surface area contributed by atoms with Crippen molar-refractivity contribution in [1.82, 2.24) is 14.9 Å². The van der Waals surface area contributed by atoms with Gasteiger partial charge in [0.2, 0.25) is 5.91 Å². The minimum atomic E-state index is -4.68. The summed E-state index contributed by atoms with van der Waals surface area (Å²) in [5.74, 6) is -0.136. The fraction of sp³-hybridized carbons (Fsp3) is 0.350. The summed E-state index contributed by atoms with van der Waals surface area (Å²) < 4.78 is 38.4. The topological polar surface area (TPSA) is 104 Å². The summed E-state index contributed by atoms with van der Waals surface area (Å²) in [6.45, 7) is 2.30. The van der Waals surface area contributed by atoms with E-state index in [1.54, 1.807) is 11.1 Å². The highest BCUT2D eigenvalue weighted by Crippen LogP contribution is 2.35. The maximum atomic E-state index is 12.8. The van der Waals surface area contributed by atoms with Crippen molar-refractivity contribution in [2.45, 2.75) is 12.6 Å². The molecular weight excluding hydrogens is 461 g/mol. The van der Waals surface area contributed by atoms with Gasteiger partial charge < -0.3 is 15.1 Å². The van der Waals surface area contributed by atoms with Crippen molar-refractivity contribution < 1.29 is 22.9 Å². The number of nitro groups is 1. The van der Waals surface area contributed by atoms with Crippen molar-refractivity contribution in [3.05, 3.63) is 52.2 Å². The highest BCUT2D eigenvalue weighted by atomic mass is 32.1. The second-order valence-corrected chi connectivity index (χ2v) is 8.31. The van der Waals surface area contributed by atoms with Crippen LogP contribution in [-0.2, 0) is 11.0 Å². The Balaban J connectivity index is 1.30. The third-order valence-electron chi connectivity index (χ3n) is 5.23. The van der Waals surface area contributed by atoms with Crippen LogP contribution in [0.15, 0.2) is 36.5 Å². The lowest BCUT2D eigenvalue weighted by Crippen LogP contribution is -2.49. The highest BCUT2D eigenvalue weighted by Gasteiger charge is 2.33. The summed E-state index contributed by atoms with van der Waals surface area (Å²) in [5, 5.41) is 14.7. The van der Waals surface area contributed by atoms with Crippen LogP contribution in [0, 0.1) is 10.1 Å². The molecule has 4 rings (SSSR count). The number of rotatable bonds is 6. The molecule has 0 saturated carbocycles. The standard InChI is InChI=1S/C20H19F3N6O3S/c21-20(22,23)13-3-4-14(16(12-13)29(31)32)24-7-5-17(30)27-8-10-28(11-9-27)19-26-15-2-1-6-25-18(15)33-19/h1-4,6,12,24H,5,7-11H2. The molecule has 33 heavy (non-hydrogen) atoms. The van der Waals surface area contributed by atoms with Crippen molar-refractivity contribution in [3.8, 4) is 0 Å². The van der Waals surface area contributed by atoms with E-state index in [1.165, 1.54) is 11.3 Å². The normalized spacial score (nSPS) is 14.5. The lowest BCUT2D eigenvalue weighted by atomic mass is 10.1. The average Bonchev–Trinajstić information content (AvgIpc) is 3.23. The Morgan fingerprint density at radius 1 is 1.21 bits per heavy atom. The van der Waals surface area contributed by atoms with Gasteiger partial charge in [-0.05, 0) is 24.3 Å². The Labute approximate surface area is 190 Å². The number of aromatic nitrogens is 2. The van der Waals surface area contributed by atoms with Crippen LogP contribution in [0.4, 0.5) is 29.7 Å². The molecule has 0 unspecified atom stereocenters. The number of hydrogen-bond acceptors (Lipinski definition) is 8. The summed E-state index contributed by atoms with van der Waals surface area (Å²) in [5.41, 5.74) is -1.01. The van der Waals surface area contributed by atoms with Crippen molar-refractivity contribution in [3.63, 3.8) is 0 Å². The lowest BCUT2D eigenvalue weighted by Gasteiger charge is -2.34. The molecule has 3 aromatic rings. The summed E-state index contributed by atoms with van der Waals surface area (Å²) >= 11 is 1.50. The van der Waals surface area contributed by atoms with Gasteiger partial charge in [0, 0.05) is 51.4 Å². The first-order valence-corrected chi connectivity index (χ1v) is 10.9. The monoisotopic (exact) mass is 480 g/mol. The van der Waals surface area contributed by atoms with E-state index in [-0.39, 0.29) is 24.6 Å². The maximum absolute atomic E-state index is 12.8. The largest absolute Gasteiger partial charge is 0.416 e. The number of anilines is 2. The Bertz CT molecular complexity index is 1140. The number of nitro benzene ring substituents is 1. The van der Waals surface area contributed by atoms with Crippen molar-refractivity contribution in [1.29, 1.82) is 0 Å². The van der Waals surface area contributed by atoms with E-state index in [2.05, 4.69) is 20.2 Å². The lowest BCUT2D eigenvalue weighted by molar-refractivity contribution is -0.384. The van der Waals surface area contributed by atoms with Gasteiger partial charge in [0.25, 0.3) is 5.69 Å². The van der Waals surface area contributed by atoms with Crippen LogP contribution in [-0.4, -0.2) is 58.4 Å². The van der Waals surface area contributed by atoms with E-state index < -0.39 is 22.4 Å². The average molecular weight is 480 g/mol. The van der Waals surface area contributed by atoms with E-state index in [1.807, 2.05) is 12.1 Å². The number of benzene rings is 1. The molecule has 0 atom stereocenters. The molecule has 0 bridgehead atoms. The molecular formula is C20H19F3N6O3S. The third-order valence-corrected chi connectivity index (χ3v) is 6.27. The molecule has 0 radical (unpaired) electrons. The van der Waals surface area contributed by atoms with Gasteiger partial charge >= 0.3 is 6.18 Å². The van der Waals surface area contributed by atoms with Crippen molar-refractivity contribution >= 4 is 44.1 Å². The molecule has 1 aromatic carbocycles. The molecule has 3 heterocycles. The molecule has 0 spiro atoms. The molecule has 1 fully saturated rings. The fourth-order valence-electron chi connectivity index (χ4n) is 3.51. The van der Waals surface area contributed by atoms with Gasteiger partial charge in [-0.3, -0.25) is 14.9 Å². The Hall–Kier alpha value is -3.48. The molecule has 1 amide bonds. The van der Waals surface area contributed by atoms with E-state index in [0.29, 0.717) is 32.2 Å². The number of carbonyl (C=O) groups is 1. The molecule has 174 valence electrons. The zero-order valence-electron chi connectivity index (χ0n) is 17.2. The predicted molar refractivity (Wildman–Crippen MR) is 117 cm³/mol. The van der Waals surface area contributed by atoms with E-state index in [9.17, 15) is 28.1 Å². The molecule has 13 heteroatoms. The Morgan fingerprint density at radius 2 is 1.97 bits per heavy atom. The molecule has 1 aliphatic heterocycles. The van der Waals surface area contributed by atoms with E-state index in [0.717, 1.165) is 27.6 Å². The van der Waals surface area contributed by atoms with Crippen molar-refractivity contribution in [2.75, 3.05) is 42.9 Å². The Morgan fingerprint density at radius 3 is 2.64 bits per heavy atom. The molecule has 1 saturated heterocycles. The molecule has 1 aliphatic rings.